The number of halogens is 1. The number of piperidine rings is 1. The number of aryl methyl sites for hydroxylation is 1. The number of nitrogens with two attached hydrogens (primary N) is 1. The summed E-state index contributed by atoms with van der Waals surface area (Å²) in [7, 11) is 1.72. The van der Waals surface area contributed by atoms with Crippen molar-refractivity contribution in [2.24, 2.45) is 18.7 Å². The zero-order chi connectivity index (χ0) is 17.4. The van der Waals surface area contributed by atoms with Crippen molar-refractivity contribution in [2.45, 2.75) is 32.4 Å². The maximum Gasteiger partial charge on any atom is 0.266 e. The number of nitrogens with zero attached hydrogens (tertiary/aromatic N) is 5. The van der Waals surface area contributed by atoms with Crippen LogP contribution in [0.5, 0.6) is 0 Å². The van der Waals surface area contributed by atoms with Gasteiger partial charge in [0.1, 0.15) is 22.9 Å². The third-order valence-corrected chi connectivity index (χ3v) is 5.18. The summed E-state index contributed by atoms with van der Waals surface area (Å²) in [6.07, 6.45) is 3.39. The Bertz CT molecular complexity index is 827. The summed E-state index contributed by atoms with van der Waals surface area (Å²) >= 11 is 3.27. The minimum Gasteiger partial charge on any atom is -0.341 e. The molecule has 1 fully saturated rings. The molecular formula is C15H21BrN6O2. The third kappa shape index (κ3) is 3.10. The first-order chi connectivity index (χ1) is 11.4. The summed E-state index contributed by atoms with van der Waals surface area (Å²) in [5.41, 5.74) is 6.19. The number of hydrogen-bond donors (Lipinski definition) is 1. The van der Waals surface area contributed by atoms with Crippen LogP contribution >= 0.6 is 15.9 Å². The Labute approximate surface area is 147 Å². The molecule has 1 saturated heterocycles. The molecule has 0 aliphatic carbocycles. The van der Waals surface area contributed by atoms with Crippen LogP contribution in [0, 0.1) is 5.92 Å². The highest BCUT2D eigenvalue weighted by Gasteiger charge is 2.26. The van der Waals surface area contributed by atoms with Crippen LogP contribution in [-0.2, 0) is 18.4 Å². The summed E-state index contributed by atoms with van der Waals surface area (Å²) in [5.74, 6) is 0.233. The van der Waals surface area contributed by atoms with Gasteiger partial charge in [-0.25, -0.2) is 9.67 Å². The van der Waals surface area contributed by atoms with Gasteiger partial charge in [-0.3, -0.25) is 14.2 Å². The number of rotatable bonds is 3. The van der Waals surface area contributed by atoms with Crippen LogP contribution in [-0.4, -0.2) is 49.3 Å². The van der Waals surface area contributed by atoms with E-state index in [0.717, 1.165) is 12.8 Å². The number of carbonyl (C=O) groups is 1. The molecule has 0 radical (unpaired) electrons. The first-order valence-corrected chi connectivity index (χ1v) is 8.78. The highest BCUT2D eigenvalue weighted by Crippen LogP contribution is 2.19. The smallest absolute Gasteiger partial charge is 0.266 e. The molecule has 0 aromatic carbocycles. The second kappa shape index (κ2) is 6.64. The molecular weight excluding hydrogens is 376 g/mol. The van der Waals surface area contributed by atoms with Crippen LogP contribution in [0.3, 0.4) is 0 Å². The van der Waals surface area contributed by atoms with Gasteiger partial charge in [-0.05, 0) is 41.6 Å². The third-order valence-electron chi connectivity index (χ3n) is 4.63. The number of amides is 1. The van der Waals surface area contributed by atoms with E-state index in [1.807, 2.05) is 6.92 Å². The molecule has 3 rings (SSSR count). The summed E-state index contributed by atoms with van der Waals surface area (Å²) in [6.45, 7) is 3.32. The van der Waals surface area contributed by atoms with E-state index in [1.165, 1.54) is 15.6 Å². The minimum atomic E-state index is -0.269. The topological polar surface area (TPSA) is 99.0 Å². The average molecular weight is 397 g/mol. The SMILES string of the molecule is CC(N)C1CCCN(C(=O)Cn2cnc3c(c(Br)nn3C)c2=O)C1. The molecule has 0 spiro atoms. The largest absolute Gasteiger partial charge is 0.341 e. The van der Waals surface area contributed by atoms with Gasteiger partial charge in [-0.1, -0.05) is 0 Å². The van der Waals surface area contributed by atoms with Crippen LogP contribution in [0.2, 0.25) is 0 Å². The highest BCUT2D eigenvalue weighted by molar-refractivity contribution is 9.10. The molecule has 8 nitrogen and oxygen atoms in total. The van der Waals surface area contributed by atoms with Crippen molar-refractivity contribution >= 4 is 32.9 Å². The van der Waals surface area contributed by atoms with E-state index >= 15 is 0 Å². The lowest BCUT2D eigenvalue weighted by Crippen LogP contribution is -2.46. The number of aromatic nitrogens is 4. The van der Waals surface area contributed by atoms with E-state index < -0.39 is 0 Å². The summed E-state index contributed by atoms with van der Waals surface area (Å²) in [5, 5.41) is 4.53. The molecule has 9 heteroatoms. The number of likely N-dealkylation sites (tertiary alicyclic amines) is 1. The van der Waals surface area contributed by atoms with Crippen molar-refractivity contribution in [3.63, 3.8) is 0 Å². The lowest BCUT2D eigenvalue weighted by molar-refractivity contribution is -0.133. The molecule has 1 aliphatic heterocycles. The minimum absolute atomic E-state index is 0.0191. The Morgan fingerprint density at radius 2 is 2.29 bits per heavy atom. The maximum absolute atomic E-state index is 12.6. The summed E-state index contributed by atoms with van der Waals surface area (Å²) < 4.78 is 3.31. The monoisotopic (exact) mass is 396 g/mol. The molecule has 0 saturated carbocycles. The Hall–Kier alpha value is -1.74. The van der Waals surface area contributed by atoms with E-state index in [9.17, 15) is 9.59 Å². The normalized spacial score (nSPS) is 19.7. The molecule has 2 atom stereocenters. The van der Waals surface area contributed by atoms with Gasteiger partial charge >= 0.3 is 0 Å². The fourth-order valence-electron chi connectivity index (χ4n) is 3.16. The number of carbonyl (C=O) groups excluding carboxylic acids is 1. The van der Waals surface area contributed by atoms with Gasteiger partial charge in [0.15, 0.2) is 5.65 Å². The second-order valence-electron chi connectivity index (χ2n) is 6.39. The van der Waals surface area contributed by atoms with Crippen molar-refractivity contribution < 1.29 is 4.79 Å². The molecule has 1 aliphatic rings. The van der Waals surface area contributed by atoms with Crippen molar-refractivity contribution in [2.75, 3.05) is 13.1 Å². The van der Waals surface area contributed by atoms with Gasteiger partial charge in [0.05, 0.1) is 0 Å². The fraction of sp³-hybridized carbons (Fsp3) is 0.600. The van der Waals surface area contributed by atoms with Gasteiger partial charge < -0.3 is 10.6 Å². The van der Waals surface area contributed by atoms with Crippen LogP contribution in [0.4, 0.5) is 0 Å². The van der Waals surface area contributed by atoms with E-state index in [2.05, 4.69) is 26.0 Å². The van der Waals surface area contributed by atoms with Crippen molar-refractivity contribution in [3.8, 4) is 0 Å². The van der Waals surface area contributed by atoms with Crippen molar-refractivity contribution in [3.05, 3.63) is 21.3 Å². The Morgan fingerprint density at radius 1 is 1.54 bits per heavy atom. The molecule has 2 unspecified atom stereocenters. The fourth-order valence-corrected chi connectivity index (χ4v) is 3.74. The van der Waals surface area contributed by atoms with Gasteiger partial charge in [0.2, 0.25) is 5.91 Å². The van der Waals surface area contributed by atoms with Crippen LogP contribution in [0.15, 0.2) is 15.7 Å². The Balaban J connectivity index is 1.82. The first kappa shape index (κ1) is 17.1. The molecule has 2 aromatic heterocycles. The molecule has 130 valence electrons. The Kier molecular flexibility index (Phi) is 4.73. The van der Waals surface area contributed by atoms with Crippen LogP contribution < -0.4 is 11.3 Å². The van der Waals surface area contributed by atoms with Crippen molar-refractivity contribution in [1.29, 1.82) is 0 Å². The van der Waals surface area contributed by atoms with Gasteiger partial charge in [0, 0.05) is 26.2 Å². The molecule has 2 aromatic rings. The predicted octanol–water partition coefficient (Wildman–Crippen LogP) is 0.478. The van der Waals surface area contributed by atoms with E-state index in [4.69, 9.17) is 5.73 Å². The van der Waals surface area contributed by atoms with Gasteiger partial charge in [0.25, 0.3) is 5.56 Å². The van der Waals surface area contributed by atoms with Crippen LogP contribution in [0.25, 0.3) is 11.0 Å². The Morgan fingerprint density at radius 3 is 3.00 bits per heavy atom. The molecule has 2 N–H and O–H groups in total. The second-order valence-corrected chi connectivity index (χ2v) is 7.14. The summed E-state index contributed by atoms with van der Waals surface area (Å²) in [6, 6.07) is 0.0627. The average Bonchev–Trinajstić information content (AvgIpc) is 2.85. The molecule has 0 bridgehead atoms. The van der Waals surface area contributed by atoms with Crippen molar-refractivity contribution in [1.82, 2.24) is 24.2 Å². The van der Waals surface area contributed by atoms with E-state index in [0.29, 0.717) is 34.6 Å². The van der Waals surface area contributed by atoms with E-state index in [-0.39, 0.29) is 24.1 Å². The number of fused-ring (bicyclic) bond motifs is 1. The summed E-state index contributed by atoms with van der Waals surface area (Å²) in [4.78, 5) is 31.2. The lowest BCUT2D eigenvalue weighted by atomic mass is 9.92. The first-order valence-electron chi connectivity index (χ1n) is 7.99. The van der Waals surface area contributed by atoms with E-state index in [1.54, 1.807) is 11.9 Å². The van der Waals surface area contributed by atoms with Gasteiger partial charge in [-0.2, -0.15) is 5.10 Å². The molecule has 1 amide bonds. The highest BCUT2D eigenvalue weighted by atomic mass is 79.9. The maximum atomic E-state index is 12.6. The quantitative estimate of drug-likeness (QED) is 0.812. The zero-order valence-electron chi connectivity index (χ0n) is 13.8. The van der Waals surface area contributed by atoms with Gasteiger partial charge in [-0.15, -0.1) is 0 Å². The predicted molar refractivity (Wildman–Crippen MR) is 93.4 cm³/mol. The number of hydrogen-bond acceptors (Lipinski definition) is 5. The zero-order valence-corrected chi connectivity index (χ0v) is 15.4. The standard InChI is InChI=1S/C15H21BrN6O2/c1-9(17)10-4-3-5-21(6-10)11(23)7-22-8-18-14-12(15(22)24)13(16)19-20(14)2/h8-10H,3-7,17H2,1-2H3. The molecule has 3 heterocycles. The lowest BCUT2D eigenvalue weighted by Gasteiger charge is -2.34. The van der Waals surface area contributed by atoms with Crippen LogP contribution in [0.1, 0.15) is 19.8 Å². The molecule has 24 heavy (non-hydrogen) atoms.